The molecule has 5 rings (SSSR count). The molecule has 0 unspecified atom stereocenters. The molecular formula is C25H22N6OS. The average molecular weight is 455 g/mol. The number of hydrogen-bond donors (Lipinski definition) is 0. The van der Waals surface area contributed by atoms with Gasteiger partial charge in [0, 0.05) is 49.0 Å². The van der Waals surface area contributed by atoms with Crippen LogP contribution in [0.15, 0.2) is 72.4 Å². The lowest BCUT2D eigenvalue weighted by atomic mass is 10.2. The maximum atomic E-state index is 13.1. The van der Waals surface area contributed by atoms with E-state index in [1.54, 1.807) is 6.20 Å². The minimum atomic E-state index is -0.0328. The molecule has 8 heteroatoms. The van der Waals surface area contributed by atoms with E-state index in [-0.39, 0.29) is 5.91 Å². The number of nitriles is 1. The lowest BCUT2D eigenvalue weighted by Crippen LogP contribution is -2.35. The van der Waals surface area contributed by atoms with Crippen molar-refractivity contribution >= 4 is 22.9 Å². The zero-order valence-corrected chi connectivity index (χ0v) is 18.8. The van der Waals surface area contributed by atoms with Crippen LogP contribution < -0.4 is 4.90 Å². The van der Waals surface area contributed by atoms with Gasteiger partial charge >= 0.3 is 0 Å². The Morgan fingerprint density at radius 2 is 1.79 bits per heavy atom. The predicted octanol–water partition coefficient (Wildman–Crippen LogP) is 4.22. The van der Waals surface area contributed by atoms with Gasteiger partial charge in [0.05, 0.1) is 23.5 Å². The number of thiazole rings is 1. The minimum Gasteiger partial charge on any atom is -0.370 e. The molecule has 7 nitrogen and oxygen atoms in total. The van der Waals surface area contributed by atoms with Gasteiger partial charge in [0.15, 0.2) is 0 Å². The predicted molar refractivity (Wildman–Crippen MR) is 129 cm³/mol. The number of benzene rings is 2. The second-order valence-electron chi connectivity index (χ2n) is 7.84. The van der Waals surface area contributed by atoms with Crippen molar-refractivity contribution in [3.8, 4) is 22.3 Å². The Bertz CT molecular complexity index is 1290. The third-order valence-electron chi connectivity index (χ3n) is 5.72. The summed E-state index contributed by atoms with van der Waals surface area (Å²) in [4.78, 5) is 21.9. The first kappa shape index (κ1) is 20.9. The number of nitrogens with zero attached hydrogens (tertiary/aromatic N) is 6. The second kappa shape index (κ2) is 9.27. The maximum Gasteiger partial charge on any atom is 0.273 e. The van der Waals surface area contributed by atoms with Crippen LogP contribution in [0.4, 0.5) is 5.69 Å². The Labute approximate surface area is 196 Å². The number of rotatable bonds is 4. The molecule has 4 aromatic rings. The molecule has 1 fully saturated rings. The summed E-state index contributed by atoms with van der Waals surface area (Å²) in [5.74, 6) is -0.0328. The molecule has 164 valence electrons. The van der Waals surface area contributed by atoms with E-state index in [1.807, 2.05) is 75.8 Å². The van der Waals surface area contributed by atoms with Crippen molar-refractivity contribution < 1.29 is 4.79 Å². The summed E-state index contributed by atoms with van der Waals surface area (Å²) in [6.45, 7) is 2.96. The maximum absolute atomic E-state index is 13.1. The van der Waals surface area contributed by atoms with E-state index in [1.165, 1.54) is 11.3 Å². The normalized spacial score (nSPS) is 14.0. The van der Waals surface area contributed by atoms with Crippen molar-refractivity contribution in [1.29, 1.82) is 5.26 Å². The largest absolute Gasteiger partial charge is 0.370 e. The van der Waals surface area contributed by atoms with E-state index >= 15 is 0 Å². The Balaban J connectivity index is 1.26. The van der Waals surface area contributed by atoms with E-state index < -0.39 is 0 Å². The van der Waals surface area contributed by atoms with Crippen LogP contribution in [0.2, 0.25) is 0 Å². The number of carbonyl (C=O) groups excluding carboxylic acids is 1. The van der Waals surface area contributed by atoms with Crippen LogP contribution in [-0.4, -0.2) is 51.8 Å². The van der Waals surface area contributed by atoms with Crippen LogP contribution >= 0.6 is 11.3 Å². The van der Waals surface area contributed by atoms with E-state index in [2.05, 4.69) is 21.1 Å². The summed E-state index contributed by atoms with van der Waals surface area (Å²) in [7, 11) is 0. The molecule has 33 heavy (non-hydrogen) atoms. The van der Waals surface area contributed by atoms with Crippen LogP contribution in [0.3, 0.4) is 0 Å². The third-order valence-corrected chi connectivity index (χ3v) is 6.61. The van der Waals surface area contributed by atoms with Gasteiger partial charge < -0.3 is 9.80 Å². The molecule has 2 aromatic heterocycles. The number of amides is 1. The molecule has 0 spiro atoms. The molecule has 0 radical (unpaired) electrons. The molecule has 0 N–H and O–H groups in total. The minimum absolute atomic E-state index is 0.0328. The van der Waals surface area contributed by atoms with Crippen LogP contribution in [0.5, 0.6) is 0 Å². The van der Waals surface area contributed by atoms with Crippen molar-refractivity contribution in [2.45, 2.75) is 6.42 Å². The van der Waals surface area contributed by atoms with E-state index in [0.29, 0.717) is 24.3 Å². The van der Waals surface area contributed by atoms with Gasteiger partial charge in [-0.05, 0) is 42.8 Å². The molecule has 0 bridgehead atoms. The van der Waals surface area contributed by atoms with Crippen LogP contribution in [0, 0.1) is 11.3 Å². The molecule has 1 saturated heterocycles. The first-order chi connectivity index (χ1) is 16.2. The Kier molecular flexibility index (Phi) is 5.87. The molecule has 0 saturated carbocycles. The van der Waals surface area contributed by atoms with E-state index in [0.717, 1.165) is 41.5 Å². The highest BCUT2D eigenvalue weighted by molar-refractivity contribution is 7.13. The lowest BCUT2D eigenvalue weighted by Gasteiger charge is -2.23. The quantitative estimate of drug-likeness (QED) is 0.461. The van der Waals surface area contributed by atoms with Gasteiger partial charge in [-0.15, -0.1) is 11.3 Å². The first-order valence-corrected chi connectivity index (χ1v) is 11.7. The van der Waals surface area contributed by atoms with Gasteiger partial charge in [0.2, 0.25) is 0 Å². The summed E-state index contributed by atoms with van der Waals surface area (Å²) in [5.41, 5.74) is 4.08. The highest BCUT2D eigenvalue weighted by atomic mass is 32.1. The summed E-state index contributed by atoms with van der Waals surface area (Å²) in [5, 5.41) is 16.1. The monoisotopic (exact) mass is 454 g/mol. The first-order valence-electron chi connectivity index (χ1n) is 10.8. The van der Waals surface area contributed by atoms with Gasteiger partial charge in [-0.2, -0.15) is 10.4 Å². The van der Waals surface area contributed by atoms with Crippen molar-refractivity contribution in [2.75, 3.05) is 31.1 Å². The van der Waals surface area contributed by atoms with Gasteiger partial charge in [0.1, 0.15) is 10.7 Å². The zero-order valence-electron chi connectivity index (χ0n) is 18.0. The van der Waals surface area contributed by atoms with Gasteiger partial charge in [-0.3, -0.25) is 4.79 Å². The fourth-order valence-electron chi connectivity index (χ4n) is 3.95. The summed E-state index contributed by atoms with van der Waals surface area (Å²) >= 11 is 1.46. The molecule has 3 heterocycles. The summed E-state index contributed by atoms with van der Waals surface area (Å²) in [6.07, 6.45) is 4.60. The highest BCUT2D eigenvalue weighted by Gasteiger charge is 2.23. The van der Waals surface area contributed by atoms with E-state index in [4.69, 9.17) is 5.26 Å². The topological polar surface area (TPSA) is 78.0 Å². The fraction of sp³-hybridized carbons (Fsp3) is 0.200. The molecule has 0 atom stereocenters. The second-order valence-corrected chi connectivity index (χ2v) is 8.70. The van der Waals surface area contributed by atoms with Gasteiger partial charge in [-0.25, -0.2) is 9.67 Å². The standard InChI is InChI=1S/C25H22N6OS/c26-15-19-7-9-21(10-8-19)29-11-4-12-30(14-13-29)25(32)23-18-33-24(28-23)20-16-27-31(17-20)22-5-2-1-3-6-22/h1-3,5-10,16-18H,4,11-14H2. The molecule has 1 aliphatic heterocycles. The van der Waals surface area contributed by atoms with E-state index in [9.17, 15) is 4.79 Å². The molecule has 2 aromatic carbocycles. The van der Waals surface area contributed by atoms with Crippen LogP contribution in [0.25, 0.3) is 16.3 Å². The Hall–Kier alpha value is -3.96. The summed E-state index contributed by atoms with van der Waals surface area (Å²) in [6, 6.07) is 19.7. The molecule has 1 amide bonds. The van der Waals surface area contributed by atoms with Crippen molar-refractivity contribution in [3.05, 3.63) is 83.6 Å². The smallest absolute Gasteiger partial charge is 0.273 e. The number of aromatic nitrogens is 3. The average Bonchev–Trinajstić information content (AvgIpc) is 3.49. The van der Waals surface area contributed by atoms with Crippen LogP contribution in [0.1, 0.15) is 22.5 Å². The van der Waals surface area contributed by atoms with Crippen molar-refractivity contribution in [3.63, 3.8) is 0 Å². The fourth-order valence-corrected chi connectivity index (χ4v) is 4.72. The van der Waals surface area contributed by atoms with Crippen LogP contribution in [-0.2, 0) is 0 Å². The number of para-hydroxylation sites is 1. The molecule has 1 aliphatic rings. The molecule has 0 aliphatic carbocycles. The number of hydrogen-bond acceptors (Lipinski definition) is 6. The Morgan fingerprint density at radius 1 is 0.970 bits per heavy atom. The van der Waals surface area contributed by atoms with Gasteiger partial charge in [0.25, 0.3) is 5.91 Å². The van der Waals surface area contributed by atoms with Gasteiger partial charge in [-0.1, -0.05) is 18.2 Å². The lowest BCUT2D eigenvalue weighted by molar-refractivity contribution is 0.0762. The molecular weight excluding hydrogens is 432 g/mol. The zero-order chi connectivity index (χ0) is 22.6. The third kappa shape index (κ3) is 4.49. The summed E-state index contributed by atoms with van der Waals surface area (Å²) < 4.78 is 1.81. The number of carbonyl (C=O) groups is 1. The SMILES string of the molecule is N#Cc1ccc(N2CCCN(C(=O)c3csc(-c4cnn(-c5ccccc5)c4)n3)CC2)cc1. The number of anilines is 1. The Morgan fingerprint density at radius 3 is 2.58 bits per heavy atom. The van der Waals surface area contributed by atoms with Crippen molar-refractivity contribution in [1.82, 2.24) is 19.7 Å². The highest BCUT2D eigenvalue weighted by Crippen LogP contribution is 2.25. The van der Waals surface area contributed by atoms with Crippen molar-refractivity contribution in [2.24, 2.45) is 0 Å².